The molecular formula is C22H20ClN3O3. The number of halogens is 1. The summed E-state index contributed by atoms with van der Waals surface area (Å²) in [5.74, 6) is 1.08. The van der Waals surface area contributed by atoms with Crippen molar-refractivity contribution in [2.24, 2.45) is 0 Å². The number of para-hydroxylation sites is 1. The molecular weight excluding hydrogens is 390 g/mol. The van der Waals surface area contributed by atoms with Gasteiger partial charge in [-0.1, -0.05) is 29.8 Å². The van der Waals surface area contributed by atoms with Gasteiger partial charge in [0.15, 0.2) is 11.5 Å². The Labute approximate surface area is 173 Å². The van der Waals surface area contributed by atoms with Crippen LogP contribution in [0.1, 0.15) is 11.1 Å². The van der Waals surface area contributed by atoms with E-state index < -0.39 is 0 Å². The van der Waals surface area contributed by atoms with E-state index in [1.807, 2.05) is 48.7 Å². The molecule has 6 nitrogen and oxygen atoms in total. The second kappa shape index (κ2) is 8.84. The Balaban J connectivity index is 1.29. The molecule has 0 fully saturated rings. The van der Waals surface area contributed by atoms with Gasteiger partial charge in [0, 0.05) is 24.4 Å². The van der Waals surface area contributed by atoms with Crippen LogP contribution in [0.25, 0.3) is 11.8 Å². The van der Waals surface area contributed by atoms with Gasteiger partial charge in [0.1, 0.15) is 13.2 Å². The molecule has 7 heteroatoms. The van der Waals surface area contributed by atoms with Crippen LogP contribution in [0, 0.1) is 0 Å². The van der Waals surface area contributed by atoms with Crippen LogP contribution in [0.4, 0.5) is 0 Å². The van der Waals surface area contributed by atoms with Crippen molar-refractivity contribution >= 4 is 23.6 Å². The van der Waals surface area contributed by atoms with Crippen molar-refractivity contribution in [3.8, 4) is 17.2 Å². The first-order valence-corrected chi connectivity index (χ1v) is 9.71. The number of carbonyl (C=O) groups excluding carboxylic acids is 1. The first-order valence-electron chi connectivity index (χ1n) is 9.33. The van der Waals surface area contributed by atoms with Crippen molar-refractivity contribution in [2.75, 3.05) is 19.8 Å². The maximum atomic E-state index is 12.1. The molecule has 0 atom stereocenters. The quantitative estimate of drug-likeness (QED) is 0.631. The predicted octanol–water partition coefficient (Wildman–Crippen LogP) is 3.67. The largest absolute Gasteiger partial charge is 0.486 e. The van der Waals surface area contributed by atoms with Crippen molar-refractivity contribution in [1.29, 1.82) is 0 Å². The van der Waals surface area contributed by atoms with E-state index in [0.29, 0.717) is 42.7 Å². The third kappa shape index (κ3) is 4.78. The smallest absolute Gasteiger partial charge is 0.244 e. The van der Waals surface area contributed by atoms with Gasteiger partial charge in [0.25, 0.3) is 0 Å². The topological polar surface area (TPSA) is 65.4 Å². The molecule has 148 valence electrons. The Hall–Kier alpha value is -3.25. The van der Waals surface area contributed by atoms with Crippen LogP contribution in [0.5, 0.6) is 11.5 Å². The number of ether oxygens (including phenoxy) is 2. The fourth-order valence-electron chi connectivity index (χ4n) is 3.01. The van der Waals surface area contributed by atoms with Crippen LogP contribution in [-0.2, 0) is 11.2 Å². The van der Waals surface area contributed by atoms with Crippen molar-refractivity contribution in [2.45, 2.75) is 6.42 Å². The SMILES string of the molecule is O=C(/C=C/c1cnn(-c2ccccc2)c1)NCCc1cc(Cl)c2c(c1)OCCO2. The summed E-state index contributed by atoms with van der Waals surface area (Å²) in [5, 5.41) is 7.71. The Morgan fingerprint density at radius 3 is 2.90 bits per heavy atom. The first-order chi connectivity index (χ1) is 14.2. The third-order valence-corrected chi connectivity index (χ3v) is 4.70. The van der Waals surface area contributed by atoms with Crippen molar-refractivity contribution in [1.82, 2.24) is 15.1 Å². The Morgan fingerprint density at radius 1 is 1.21 bits per heavy atom. The molecule has 0 radical (unpaired) electrons. The lowest BCUT2D eigenvalue weighted by Crippen LogP contribution is -2.23. The van der Waals surface area contributed by atoms with Crippen LogP contribution in [0.2, 0.25) is 5.02 Å². The van der Waals surface area contributed by atoms with Gasteiger partial charge in [0.05, 0.1) is 16.9 Å². The summed E-state index contributed by atoms with van der Waals surface area (Å²) in [4.78, 5) is 12.1. The number of nitrogens with one attached hydrogen (secondary N) is 1. The highest BCUT2D eigenvalue weighted by atomic mass is 35.5. The molecule has 2 heterocycles. The maximum absolute atomic E-state index is 12.1. The molecule has 1 amide bonds. The Kier molecular flexibility index (Phi) is 5.81. The van der Waals surface area contributed by atoms with Crippen LogP contribution in [-0.4, -0.2) is 35.4 Å². The van der Waals surface area contributed by atoms with Crippen LogP contribution in [0.3, 0.4) is 0 Å². The second-order valence-electron chi connectivity index (χ2n) is 6.53. The molecule has 3 aromatic rings. The number of nitrogens with zero attached hydrogens (tertiary/aromatic N) is 2. The molecule has 29 heavy (non-hydrogen) atoms. The molecule has 0 aliphatic carbocycles. The predicted molar refractivity (Wildman–Crippen MR) is 112 cm³/mol. The van der Waals surface area contributed by atoms with Gasteiger partial charge in [-0.15, -0.1) is 0 Å². The Bertz CT molecular complexity index is 1030. The highest BCUT2D eigenvalue weighted by Crippen LogP contribution is 2.38. The molecule has 0 saturated carbocycles. The number of aromatic nitrogens is 2. The molecule has 1 N–H and O–H groups in total. The minimum atomic E-state index is -0.166. The summed E-state index contributed by atoms with van der Waals surface area (Å²) in [6, 6.07) is 13.5. The van der Waals surface area contributed by atoms with Gasteiger partial charge in [-0.05, 0) is 42.3 Å². The van der Waals surface area contributed by atoms with E-state index in [9.17, 15) is 4.79 Å². The van der Waals surface area contributed by atoms with Gasteiger partial charge in [-0.25, -0.2) is 4.68 Å². The summed E-state index contributed by atoms with van der Waals surface area (Å²) in [7, 11) is 0. The lowest BCUT2D eigenvalue weighted by molar-refractivity contribution is -0.116. The van der Waals surface area contributed by atoms with E-state index in [-0.39, 0.29) is 5.91 Å². The van der Waals surface area contributed by atoms with Crippen molar-refractivity contribution < 1.29 is 14.3 Å². The van der Waals surface area contributed by atoms with Crippen LogP contribution in [0.15, 0.2) is 60.9 Å². The number of hydrogen-bond acceptors (Lipinski definition) is 4. The summed E-state index contributed by atoms with van der Waals surface area (Å²) >= 11 is 6.24. The lowest BCUT2D eigenvalue weighted by Gasteiger charge is -2.20. The Morgan fingerprint density at radius 2 is 2.03 bits per heavy atom. The molecule has 1 aliphatic rings. The highest BCUT2D eigenvalue weighted by Gasteiger charge is 2.16. The molecule has 0 spiro atoms. The molecule has 1 aliphatic heterocycles. The number of fused-ring (bicyclic) bond motifs is 1. The third-order valence-electron chi connectivity index (χ3n) is 4.42. The minimum absolute atomic E-state index is 0.166. The molecule has 0 saturated heterocycles. The standard InChI is InChI=1S/C22H20ClN3O3/c23-19-12-16(13-20-22(19)29-11-10-28-20)8-9-24-21(27)7-6-17-14-25-26(15-17)18-4-2-1-3-5-18/h1-7,12-15H,8-11H2,(H,24,27)/b7-6+. The molecule has 4 rings (SSSR count). The van der Waals surface area contributed by atoms with Gasteiger partial charge in [-0.3, -0.25) is 4.79 Å². The summed E-state index contributed by atoms with van der Waals surface area (Å²) < 4.78 is 12.9. The second-order valence-corrected chi connectivity index (χ2v) is 6.94. The van der Waals surface area contributed by atoms with Gasteiger partial charge < -0.3 is 14.8 Å². The average Bonchev–Trinajstić information content (AvgIpc) is 3.22. The maximum Gasteiger partial charge on any atom is 0.244 e. The number of hydrogen-bond donors (Lipinski definition) is 1. The van der Waals surface area contributed by atoms with Crippen molar-refractivity contribution in [3.63, 3.8) is 0 Å². The summed E-state index contributed by atoms with van der Waals surface area (Å²) in [6.07, 6.45) is 7.47. The molecule has 1 aromatic heterocycles. The van der Waals surface area contributed by atoms with Crippen molar-refractivity contribution in [3.05, 3.63) is 77.1 Å². The zero-order chi connectivity index (χ0) is 20.1. The monoisotopic (exact) mass is 409 g/mol. The summed E-state index contributed by atoms with van der Waals surface area (Å²) in [6.45, 7) is 1.50. The molecule has 0 unspecified atom stereocenters. The fraction of sp³-hybridized carbons (Fsp3) is 0.182. The normalized spacial score (nSPS) is 12.9. The van der Waals surface area contributed by atoms with E-state index in [4.69, 9.17) is 21.1 Å². The van der Waals surface area contributed by atoms with E-state index in [1.54, 1.807) is 17.0 Å². The molecule has 2 aromatic carbocycles. The minimum Gasteiger partial charge on any atom is -0.486 e. The fourth-order valence-corrected chi connectivity index (χ4v) is 3.30. The first kappa shape index (κ1) is 19.1. The van der Waals surface area contributed by atoms with E-state index >= 15 is 0 Å². The number of carbonyl (C=O) groups is 1. The van der Waals surface area contributed by atoms with E-state index in [2.05, 4.69) is 10.4 Å². The average molecular weight is 410 g/mol. The number of rotatable bonds is 6. The zero-order valence-corrected chi connectivity index (χ0v) is 16.4. The van der Waals surface area contributed by atoms with Gasteiger partial charge >= 0.3 is 0 Å². The van der Waals surface area contributed by atoms with E-state index in [0.717, 1.165) is 16.8 Å². The highest BCUT2D eigenvalue weighted by molar-refractivity contribution is 6.32. The zero-order valence-electron chi connectivity index (χ0n) is 15.7. The summed E-state index contributed by atoms with van der Waals surface area (Å²) in [5.41, 5.74) is 2.80. The van der Waals surface area contributed by atoms with Crippen LogP contribution < -0.4 is 14.8 Å². The number of benzene rings is 2. The van der Waals surface area contributed by atoms with Gasteiger partial charge in [-0.2, -0.15) is 5.10 Å². The number of amides is 1. The van der Waals surface area contributed by atoms with E-state index in [1.165, 1.54) is 6.08 Å². The molecule has 0 bridgehead atoms. The van der Waals surface area contributed by atoms with Gasteiger partial charge in [0.2, 0.25) is 5.91 Å². The lowest BCUT2D eigenvalue weighted by atomic mass is 10.1. The van der Waals surface area contributed by atoms with Crippen LogP contribution >= 0.6 is 11.6 Å².